The number of H-pyrrole nitrogens is 1. The smallest absolute Gasteiger partial charge is 0.437 e. The molecule has 4 rings (SSSR count). The first-order chi connectivity index (χ1) is 15.0. The van der Waals surface area contributed by atoms with Crippen LogP contribution in [-0.4, -0.2) is 28.3 Å². The van der Waals surface area contributed by atoms with E-state index in [1.165, 1.54) is 22.9 Å². The van der Waals surface area contributed by atoms with Gasteiger partial charge in [0.25, 0.3) is 5.69 Å². The summed E-state index contributed by atoms with van der Waals surface area (Å²) in [6.07, 6.45) is 0. The van der Waals surface area contributed by atoms with Gasteiger partial charge < -0.3 is 15.2 Å². The molecule has 9 nitrogen and oxygen atoms in total. The van der Waals surface area contributed by atoms with Crippen LogP contribution in [0.1, 0.15) is 22.8 Å². The van der Waals surface area contributed by atoms with E-state index < -0.39 is 5.63 Å². The minimum atomic E-state index is -0.574. The number of rotatable bonds is 7. The second-order valence-electron chi connectivity index (χ2n) is 6.60. The van der Waals surface area contributed by atoms with E-state index in [2.05, 4.69) is 15.6 Å². The first-order valence-electron chi connectivity index (χ1n) is 9.28. The van der Waals surface area contributed by atoms with Crippen molar-refractivity contribution in [1.82, 2.24) is 10.3 Å². The Morgan fingerprint density at radius 2 is 2.10 bits per heavy atom. The van der Waals surface area contributed by atoms with Crippen LogP contribution < -0.4 is 20.4 Å². The number of hydrogen-bond donors (Lipinski definition) is 3. The van der Waals surface area contributed by atoms with Gasteiger partial charge in [-0.05, 0) is 29.0 Å². The number of thiazole rings is 1. The van der Waals surface area contributed by atoms with Gasteiger partial charge in [-0.2, -0.15) is 0 Å². The van der Waals surface area contributed by atoms with Gasteiger partial charge in [-0.3, -0.25) is 9.32 Å². The average Bonchev–Trinajstić information content (AvgIpc) is 3.38. The van der Waals surface area contributed by atoms with Gasteiger partial charge in [0.05, 0.1) is 12.7 Å². The number of ether oxygens (including phenoxy) is 1. The van der Waals surface area contributed by atoms with Crippen molar-refractivity contribution in [2.45, 2.75) is 13.5 Å². The Labute approximate surface area is 180 Å². The number of nitrogens with one attached hydrogen (secondary N) is 2. The highest BCUT2D eigenvalue weighted by atomic mass is 32.1. The Balaban J connectivity index is 1.61. The minimum Gasteiger partial charge on any atom is -0.507 e. The number of phenolic OH excluding ortho intramolecular Hbond substituents is 1. The van der Waals surface area contributed by atoms with Crippen molar-refractivity contribution in [3.8, 4) is 28.6 Å². The van der Waals surface area contributed by atoms with Gasteiger partial charge >= 0.3 is 11.3 Å². The van der Waals surface area contributed by atoms with Crippen LogP contribution >= 0.6 is 11.3 Å². The number of Topliss-reactive ketones (excluding diaryl/α,β-unsaturated/α-hetero) is 1. The van der Waals surface area contributed by atoms with Gasteiger partial charge in [0.1, 0.15) is 5.75 Å². The summed E-state index contributed by atoms with van der Waals surface area (Å²) >= 11 is 1.30. The van der Waals surface area contributed by atoms with Crippen molar-refractivity contribution in [2.75, 3.05) is 12.4 Å². The quantitative estimate of drug-likeness (QED) is 0.299. The molecular weight excluding hydrogens is 420 g/mol. The third-order valence-corrected chi connectivity index (χ3v) is 5.45. The van der Waals surface area contributed by atoms with Crippen molar-refractivity contribution >= 4 is 22.3 Å². The standard InChI is InChI=1S/C21H18N4O5S/c1-12(26)14-7-5-6-13(19(14)27)10-22-21-23-15(11-31-21)18-20(28)30-24-25(18)16-8-3-4-9-17(16)29-2/h3-9,11H,10H2,1-2H3,(H2-,22,23,24,26,27,28)/p+1. The Morgan fingerprint density at radius 1 is 1.29 bits per heavy atom. The molecule has 0 spiro atoms. The number of phenols is 1. The predicted octanol–water partition coefficient (Wildman–Crippen LogP) is 2.90. The molecule has 0 aliphatic heterocycles. The monoisotopic (exact) mass is 439 g/mol. The molecule has 0 fully saturated rings. The van der Waals surface area contributed by atoms with Gasteiger partial charge in [-0.15, -0.1) is 11.3 Å². The van der Waals surface area contributed by atoms with Crippen LogP contribution in [-0.2, 0) is 6.54 Å². The number of nitrogens with zero attached hydrogens (tertiary/aromatic N) is 2. The Kier molecular flexibility index (Phi) is 5.54. The maximum Gasteiger partial charge on any atom is 0.437 e. The maximum absolute atomic E-state index is 12.4. The molecule has 0 bridgehead atoms. The van der Waals surface area contributed by atoms with Gasteiger partial charge in [0, 0.05) is 23.6 Å². The summed E-state index contributed by atoms with van der Waals surface area (Å²) in [5.41, 5.74) is 1.48. The van der Waals surface area contributed by atoms with E-state index >= 15 is 0 Å². The number of aromatic amines is 1. The summed E-state index contributed by atoms with van der Waals surface area (Å²) in [4.78, 5) is 28.5. The molecule has 2 aromatic carbocycles. The number of ketones is 1. The highest BCUT2D eigenvalue weighted by Crippen LogP contribution is 2.27. The summed E-state index contributed by atoms with van der Waals surface area (Å²) in [6.45, 7) is 1.66. The number of hydrogen-bond acceptors (Lipinski definition) is 8. The lowest BCUT2D eigenvalue weighted by atomic mass is 10.1. The second kappa shape index (κ2) is 8.44. The predicted molar refractivity (Wildman–Crippen MR) is 114 cm³/mol. The van der Waals surface area contributed by atoms with E-state index in [1.54, 1.807) is 42.8 Å². The molecule has 10 heteroatoms. The highest BCUT2D eigenvalue weighted by molar-refractivity contribution is 7.14. The van der Waals surface area contributed by atoms with Crippen LogP contribution in [0.5, 0.6) is 11.5 Å². The molecule has 158 valence electrons. The number of carbonyl (C=O) groups is 1. The number of benzene rings is 2. The van der Waals surface area contributed by atoms with Crippen molar-refractivity contribution < 1.29 is 23.8 Å². The molecule has 2 aromatic heterocycles. The number of methoxy groups -OCH3 is 1. The number of anilines is 1. The topological polar surface area (TPSA) is 121 Å². The molecule has 0 saturated carbocycles. The van der Waals surface area contributed by atoms with Crippen molar-refractivity contribution in [3.05, 3.63) is 69.4 Å². The summed E-state index contributed by atoms with van der Waals surface area (Å²) in [7, 11) is 1.54. The molecule has 0 aliphatic rings. The number of aromatic nitrogens is 3. The van der Waals surface area contributed by atoms with Gasteiger partial charge in [-0.1, -0.05) is 24.3 Å². The number of para-hydroxylation sites is 3. The zero-order chi connectivity index (χ0) is 22.0. The number of carbonyl (C=O) groups excluding carboxylic acids is 1. The van der Waals surface area contributed by atoms with E-state index in [9.17, 15) is 14.7 Å². The lowest BCUT2D eigenvalue weighted by molar-refractivity contribution is -0.660. The summed E-state index contributed by atoms with van der Waals surface area (Å²) in [5, 5.41) is 18.2. The first kappa shape index (κ1) is 20.4. The lowest BCUT2D eigenvalue weighted by Gasteiger charge is -2.08. The van der Waals surface area contributed by atoms with E-state index in [0.717, 1.165) is 0 Å². The molecule has 0 aliphatic carbocycles. The third kappa shape index (κ3) is 3.92. The van der Waals surface area contributed by atoms with E-state index in [0.29, 0.717) is 27.8 Å². The van der Waals surface area contributed by atoms with E-state index in [4.69, 9.17) is 9.26 Å². The molecule has 0 radical (unpaired) electrons. The second-order valence-corrected chi connectivity index (χ2v) is 7.46. The fourth-order valence-corrected chi connectivity index (χ4v) is 3.82. The molecule has 0 saturated heterocycles. The summed E-state index contributed by atoms with van der Waals surface area (Å²) in [6, 6.07) is 12.2. The van der Waals surface area contributed by atoms with Crippen LogP contribution in [0.15, 0.2) is 57.2 Å². The molecule has 4 aromatic rings. The van der Waals surface area contributed by atoms with Gasteiger partial charge in [-0.25, -0.2) is 9.78 Å². The molecule has 0 atom stereocenters. The van der Waals surface area contributed by atoms with Crippen LogP contribution in [0.3, 0.4) is 0 Å². The summed E-state index contributed by atoms with van der Waals surface area (Å²) in [5.74, 6) is 0.288. The molecule has 31 heavy (non-hydrogen) atoms. The molecule has 0 unspecified atom stereocenters. The number of aromatic hydroxyl groups is 1. The highest BCUT2D eigenvalue weighted by Gasteiger charge is 2.30. The Bertz CT molecular complexity index is 1310. The molecular formula is C21H19N4O5S+. The van der Waals surface area contributed by atoms with E-state index in [-0.39, 0.29) is 29.3 Å². The SMILES string of the molecule is COc1ccccc1-[n+]1[nH]oc(=O)c1-c1csc(NCc2cccc(C(C)=O)c2O)n1. The molecule has 3 N–H and O–H groups in total. The average molecular weight is 439 g/mol. The Hall–Kier alpha value is -3.92. The lowest BCUT2D eigenvalue weighted by Crippen LogP contribution is -2.36. The Morgan fingerprint density at radius 3 is 2.87 bits per heavy atom. The van der Waals surface area contributed by atoms with Gasteiger partial charge in [0.15, 0.2) is 22.4 Å². The normalized spacial score (nSPS) is 10.8. The van der Waals surface area contributed by atoms with Crippen LogP contribution in [0.2, 0.25) is 0 Å². The van der Waals surface area contributed by atoms with Crippen LogP contribution in [0.25, 0.3) is 17.1 Å². The van der Waals surface area contributed by atoms with Crippen molar-refractivity contribution in [2.24, 2.45) is 0 Å². The third-order valence-electron chi connectivity index (χ3n) is 4.65. The van der Waals surface area contributed by atoms with Crippen molar-refractivity contribution in [1.29, 1.82) is 0 Å². The molecule has 2 heterocycles. The minimum absolute atomic E-state index is 0.0560. The summed E-state index contributed by atoms with van der Waals surface area (Å²) < 4.78 is 11.8. The molecule has 0 amide bonds. The van der Waals surface area contributed by atoms with Crippen LogP contribution in [0.4, 0.5) is 5.13 Å². The van der Waals surface area contributed by atoms with Crippen LogP contribution in [0, 0.1) is 0 Å². The maximum atomic E-state index is 12.4. The zero-order valence-corrected chi connectivity index (χ0v) is 17.5. The van der Waals surface area contributed by atoms with E-state index in [1.807, 2.05) is 12.1 Å². The largest absolute Gasteiger partial charge is 0.507 e. The zero-order valence-electron chi connectivity index (χ0n) is 16.7. The fraction of sp³-hybridized carbons (Fsp3) is 0.143. The fourth-order valence-electron chi connectivity index (χ4n) is 3.13. The van der Waals surface area contributed by atoms with Crippen molar-refractivity contribution in [3.63, 3.8) is 0 Å². The first-order valence-corrected chi connectivity index (χ1v) is 10.2. The van der Waals surface area contributed by atoms with Gasteiger partial charge in [0.2, 0.25) is 0 Å².